The molecule has 5 nitrogen and oxygen atoms in total. The van der Waals surface area contributed by atoms with Gasteiger partial charge in [0, 0.05) is 18.8 Å². The molecular weight excluding hydrogens is 316 g/mol. The Balaban J connectivity index is 1.66. The van der Waals surface area contributed by atoms with Crippen molar-refractivity contribution in [2.75, 3.05) is 13.2 Å². The molecule has 2 aromatic rings. The minimum absolute atomic E-state index is 0.0141. The van der Waals surface area contributed by atoms with Gasteiger partial charge in [0.05, 0.1) is 12.6 Å². The zero-order chi connectivity index (χ0) is 17.5. The first-order valence-electron chi connectivity index (χ1n) is 8.84. The van der Waals surface area contributed by atoms with E-state index in [9.17, 15) is 4.79 Å². The number of nitrogens with zero attached hydrogens (tertiary/aromatic N) is 2. The molecule has 1 aromatic carbocycles. The van der Waals surface area contributed by atoms with Gasteiger partial charge >= 0.3 is 6.09 Å². The summed E-state index contributed by atoms with van der Waals surface area (Å²) in [4.78, 5) is 18.7. The van der Waals surface area contributed by atoms with Crippen LogP contribution in [0.25, 0.3) is 0 Å². The molecule has 1 aromatic heterocycles. The van der Waals surface area contributed by atoms with E-state index in [1.165, 1.54) is 0 Å². The van der Waals surface area contributed by atoms with Crippen LogP contribution in [0, 0.1) is 0 Å². The zero-order valence-electron chi connectivity index (χ0n) is 14.6. The number of hydrogen-bond acceptors (Lipinski definition) is 4. The maximum absolute atomic E-state index is 12.6. The Hall–Kier alpha value is -2.56. The average molecular weight is 340 g/mol. The molecule has 1 fully saturated rings. The normalized spacial score (nSPS) is 17.2. The van der Waals surface area contributed by atoms with E-state index in [1.54, 1.807) is 6.20 Å². The van der Waals surface area contributed by atoms with Crippen molar-refractivity contribution in [2.45, 2.75) is 38.8 Å². The van der Waals surface area contributed by atoms with E-state index in [-0.39, 0.29) is 12.1 Å². The Kier molecular flexibility index (Phi) is 5.88. The highest BCUT2D eigenvalue weighted by Gasteiger charge is 2.29. The van der Waals surface area contributed by atoms with E-state index in [0.29, 0.717) is 25.6 Å². The van der Waals surface area contributed by atoms with Crippen LogP contribution < -0.4 is 4.74 Å². The summed E-state index contributed by atoms with van der Waals surface area (Å²) >= 11 is 0. The summed E-state index contributed by atoms with van der Waals surface area (Å²) in [6.07, 6.45) is 4.57. The Morgan fingerprint density at radius 2 is 2.04 bits per heavy atom. The van der Waals surface area contributed by atoms with Crippen LogP contribution in [0.4, 0.5) is 4.79 Å². The van der Waals surface area contributed by atoms with E-state index in [1.807, 2.05) is 54.3 Å². The highest BCUT2D eigenvalue weighted by molar-refractivity contribution is 5.68. The largest absolute Gasteiger partial charge is 0.478 e. The van der Waals surface area contributed by atoms with Crippen molar-refractivity contribution < 1.29 is 14.3 Å². The molecule has 0 N–H and O–H groups in total. The molecule has 0 bridgehead atoms. The standard InChI is InChI=1S/C20H24N2O3/c1-2-24-19-12-11-17(14-21-19)18-10-6-7-13-22(18)20(23)25-15-16-8-4-3-5-9-16/h3-5,8-9,11-12,14,18H,2,6-7,10,13,15H2,1H3/t18-/m0/s1. The van der Waals surface area contributed by atoms with Gasteiger partial charge in [0.1, 0.15) is 6.61 Å². The summed E-state index contributed by atoms with van der Waals surface area (Å²) in [5, 5.41) is 0. The number of benzene rings is 1. The van der Waals surface area contributed by atoms with Crippen LogP contribution in [0.1, 0.15) is 43.4 Å². The number of likely N-dealkylation sites (tertiary alicyclic amines) is 1. The number of pyridine rings is 1. The highest BCUT2D eigenvalue weighted by Crippen LogP contribution is 2.31. The van der Waals surface area contributed by atoms with E-state index in [0.717, 1.165) is 30.4 Å². The zero-order valence-corrected chi connectivity index (χ0v) is 14.6. The van der Waals surface area contributed by atoms with E-state index in [4.69, 9.17) is 9.47 Å². The fraction of sp³-hybridized carbons (Fsp3) is 0.400. The predicted molar refractivity (Wildman–Crippen MR) is 95.3 cm³/mol. The summed E-state index contributed by atoms with van der Waals surface area (Å²) < 4.78 is 10.9. The van der Waals surface area contributed by atoms with Crippen molar-refractivity contribution in [1.29, 1.82) is 0 Å². The second kappa shape index (κ2) is 8.51. The van der Waals surface area contributed by atoms with Crippen molar-refractivity contribution >= 4 is 6.09 Å². The van der Waals surface area contributed by atoms with E-state index in [2.05, 4.69) is 4.98 Å². The van der Waals surface area contributed by atoms with Crippen LogP contribution >= 0.6 is 0 Å². The molecule has 25 heavy (non-hydrogen) atoms. The molecule has 1 aliphatic heterocycles. The molecule has 0 unspecified atom stereocenters. The Morgan fingerprint density at radius 3 is 2.76 bits per heavy atom. The smallest absolute Gasteiger partial charge is 0.410 e. The lowest BCUT2D eigenvalue weighted by molar-refractivity contribution is 0.0678. The minimum atomic E-state index is -0.262. The summed E-state index contributed by atoms with van der Waals surface area (Å²) in [6, 6.07) is 13.6. The first-order chi connectivity index (χ1) is 12.3. The molecule has 0 aliphatic carbocycles. The lowest BCUT2D eigenvalue weighted by Gasteiger charge is -2.35. The van der Waals surface area contributed by atoms with Gasteiger partial charge in [-0.2, -0.15) is 0 Å². The third-order valence-electron chi connectivity index (χ3n) is 4.38. The highest BCUT2D eigenvalue weighted by atomic mass is 16.6. The SMILES string of the molecule is CCOc1ccc([C@@H]2CCCCN2C(=O)OCc2ccccc2)cn1. The topological polar surface area (TPSA) is 51.7 Å². The summed E-state index contributed by atoms with van der Waals surface area (Å²) in [6.45, 7) is 3.53. The number of ether oxygens (including phenoxy) is 2. The molecule has 132 valence electrons. The predicted octanol–water partition coefficient (Wildman–Crippen LogP) is 4.34. The molecule has 1 amide bonds. The van der Waals surface area contributed by atoms with Crippen LogP contribution in [0.5, 0.6) is 5.88 Å². The molecule has 0 radical (unpaired) electrons. The number of hydrogen-bond donors (Lipinski definition) is 0. The Morgan fingerprint density at radius 1 is 1.20 bits per heavy atom. The number of rotatable bonds is 5. The van der Waals surface area contributed by atoms with Crippen LogP contribution in [0.2, 0.25) is 0 Å². The fourth-order valence-corrected chi connectivity index (χ4v) is 3.12. The van der Waals surface area contributed by atoms with Crippen LogP contribution in [0.15, 0.2) is 48.7 Å². The number of carbonyl (C=O) groups excluding carboxylic acids is 1. The lowest BCUT2D eigenvalue weighted by Crippen LogP contribution is -2.38. The third kappa shape index (κ3) is 4.50. The van der Waals surface area contributed by atoms with Crippen molar-refractivity contribution in [1.82, 2.24) is 9.88 Å². The third-order valence-corrected chi connectivity index (χ3v) is 4.38. The quantitative estimate of drug-likeness (QED) is 0.812. The average Bonchev–Trinajstić information content (AvgIpc) is 2.68. The van der Waals surface area contributed by atoms with Gasteiger partial charge in [0.2, 0.25) is 5.88 Å². The van der Waals surface area contributed by atoms with Crippen LogP contribution in [0.3, 0.4) is 0 Å². The summed E-state index contributed by atoms with van der Waals surface area (Å²) in [5.74, 6) is 0.611. The molecule has 0 spiro atoms. The van der Waals surface area contributed by atoms with E-state index >= 15 is 0 Å². The number of carbonyl (C=O) groups is 1. The van der Waals surface area contributed by atoms with Gasteiger partial charge in [0.15, 0.2) is 0 Å². The molecule has 1 saturated heterocycles. The van der Waals surface area contributed by atoms with Crippen molar-refractivity contribution in [3.05, 3.63) is 59.8 Å². The molecule has 1 atom stereocenters. The van der Waals surface area contributed by atoms with Gasteiger partial charge in [-0.15, -0.1) is 0 Å². The van der Waals surface area contributed by atoms with Gasteiger partial charge < -0.3 is 14.4 Å². The maximum Gasteiger partial charge on any atom is 0.410 e. The first kappa shape index (κ1) is 17.3. The molecule has 3 rings (SSSR count). The minimum Gasteiger partial charge on any atom is -0.478 e. The van der Waals surface area contributed by atoms with Gasteiger partial charge in [0.25, 0.3) is 0 Å². The monoisotopic (exact) mass is 340 g/mol. The molecule has 0 saturated carbocycles. The molecule has 5 heteroatoms. The number of amides is 1. The van der Waals surface area contributed by atoms with Crippen molar-refractivity contribution in [3.8, 4) is 5.88 Å². The van der Waals surface area contributed by atoms with Gasteiger partial charge in [-0.1, -0.05) is 36.4 Å². The summed E-state index contributed by atoms with van der Waals surface area (Å²) in [7, 11) is 0. The molecule has 2 heterocycles. The second-order valence-corrected chi connectivity index (χ2v) is 6.11. The lowest BCUT2D eigenvalue weighted by atomic mass is 9.97. The maximum atomic E-state index is 12.6. The Labute approximate surface area is 148 Å². The van der Waals surface area contributed by atoms with Crippen molar-refractivity contribution in [3.63, 3.8) is 0 Å². The Bertz CT molecular complexity index is 673. The van der Waals surface area contributed by atoms with E-state index < -0.39 is 0 Å². The molecule has 1 aliphatic rings. The summed E-state index contributed by atoms with van der Waals surface area (Å²) in [5.41, 5.74) is 2.02. The first-order valence-corrected chi connectivity index (χ1v) is 8.84. The van der Waals surface area contributed by atoms with Crippen LogP contribution in [-0.2, 0) is 11.3 Å². The second-order valence-electron chi connectivity index (χ2n) is 6.11. The fourth-order valence-electron chi connectivity index (χ4n) is 3.12. The van der Waals surface area contributed by atoms with Crippen molar-refractivity contribution in [2.24, 2.45) is 0 Å². The van der Waals surface area contributed by atoms with Gasteiger partial charge in [-0.3, -0.25) is 0 Å². The van der Waals surface area contributed by atoms with Gasteiger partial charge in [-0.05, 0) is 37.3 Å². The van der Waals surface area contributed by atoms with Gasteiger partial charge in [-0.25, -0.2) is 9.78 Å². The van der Waals surface area contributed by atoms with Crippen LogP contribution in [-0.4, -0.2) is 29.1 Å². The molecular formula is C20H24N2O3. The number of aromatic nitrogens is 1. The number of piperidine rings is 1.